The number of pyridine rings is 1. The Kier molecular flexibility index (Phi) is 7.15. The Morgan fingerprint density at radius 1 is 0.426 bits per heavy atom. The van der Waals surface area contributed by atoms with Gasteiger partial charge in [0.1, 0.15) is 5.65 Å². The van der Waals surface area contributed by atoms with Gasteiger partial charge in [0.2, 0.25) is 5.95 Å². The van der Waals surface area contributed by atoms with Crippen LogP contribution in [-0.2, 0) is 0 Å². The topological polar surface area (TPSA) is 48.0 Å². The highest BCUT2D eigenvalue weighted by Gasteiger charge is 2.23. The molecule has 0 bridgehead atoms. The van der Waals surface area contributed by atoms with Crippen molar-refractivity contribution in [3.05, 3.63) is 140 Å². The zero-order valence-electron chi connectivity index (χ0n) is 31.5. The van der Waals surface area contributed by atoms with Crippen LogP contribution in [0.1, 0.15) is 0 Å². The van der Waals surface area contributed by atoms with Crippen LogP contribution in [0.25, 0.3) is 88.6 Å². The minimum atomic E-state index is -1.47. The molecule has 0 aliphatic carbocycles. The van der Waals surface area contributed by atoms with Crippen LogP contribution in [-0.4, -0.2) is 40.1 Å². The Morgan fingerprint density at radius 2 is 0.944 bits per heavy atom. The Labute approximate surface area is 316 Å². The summed E-state index contributed by atoms with van der Waals surface area (Å²) in [5, 5.41) is 8.73. The van der Waals surface area contributed by atoms with Crippen molar-refractivity contribution in [1.82, 2.24) is 23.9 Å². The van der Waals surface area contributed by atoms with Gasteiger partial charge in [0.15, 0.2) is 0 Å². The molecule has 5 nitrogen and oxygen atoms in total. The zero-order chi connectivity index (χ0) is 36.9. The van der Waals surface area contributed by atoms with Gasteiger partial charge in [0, 0.05) is 38.1 Å². The molecule has 0 aliphatic rings. The maximum absolute atomic E-state index is 5.40. The lowest BCUT2D eigenvalue weighted by atomic mass is 10.00. The molecule has 0 saturated heterocycles. The van der Waals surface area contributed by atoms with E-state index < -0.39 is 16.1 Å². The van der Waals surface area contributed by atoms with Crippen LogP contribution in [0.2, 0.25) is 39.3 Å². The second-order valence-corrected chi connectivity index (χ2v) is 26.8. The Hall–Kier alpha value is -5.90. The summed E-state index contributed by atoms with van der Waals surface area (Å²) >= 11 is 0. The zero-order valence-corrected chi connectivity index (χ0v) is 33.5. The molecule has 10 aromatic rings. The SMILES string of the molecule is C[Si](C)(C)c1ccc(-c2cc(-c3ccc([Si](C)(C)C)cc3)nc(-n3c4ccccc4c4c5c6ccccc6n6c7ccccc7nc6c5ccc43)n2)cc1. The second-order valence-electron chi connectivity index (χ2n) is 16.6. The molecular weight excluding hydrogens is 691 g/mol. The van der Waals surface area contributed by atoms with E-state index in [1.807, 2.05) is 0 Å². The molecule has 54 heavy (non-hydrogen) atoms. The fourth-order valence-corrected chi connectivity index (χ4v) is 10.5. The molecule has 0 radical (unpaired) electrons. The largest absolute Gasteiger partial charge is 0.292 e. The predicted octanol–water partition coefficient (Wildman–Crippen LogP) is 11.1. The van der Waals surface area contributed by atoms with Crippen molar-refractivity contribution in [2.75, 3.05) is 0 Å². The normalized spacial score (nSPS) is 12.6. The van der Waals surface area contributed by atoms with Crippen LogP contribution in [0, 0.1) is 0 Å². The number of fused-ring (bicyclic) bond motifs is 12. The van der Waals surface area contributed by atoms with Gasteiger partial charge in [-0.3, -0.25) is 8.97 Å². The molecule has 7 heteroatoms. The maximum atomic E-state index is 5.40. The van der Waals surface area contributed by atoms with Crippen LogP contribution in [0.15, 0.2) is 140 Å². The van der Waals surface area contributed by atoms with Gasteiger partial charge >= 0.3 is 0 Å². The van der Waals surface area contributed by atoms with Crippen LogP contribution >= 0.6 is 0 Å². The standard InChI is InChI=1S/C47H41N5Si2/c1-53(2,3)32-23-19-30(20-24-32)38-29-39(31-21-25-33(26-22-31)54(4,5)6)50-47(49-38)52-41-17-11-8-14-35(41)45-43(52)28-27-36-44(45)34-13-7-10-16-40(34)51-42-18-12-9-15-37(42)48-46(36)51/h7-29H,1-6H3. The van der Waals surface area contributed by atoms with E-state index in [1.165, 1.54) is 31.9 Å². The summed E-state index contributed by atoms with van der Waals surface area (Å²) in [6.07, 6.45) is 0. The van der Waals surface area contributed by atoms with E-state index >= 15 is 0 Å². The second kappa shape index (κ2) is 11.8. The minimum absolute atomic E-state index is 0.661. The monoisotopic (exact) mass is 731 g/mol. The Morgan fingerprint density at radius 3 is 1.54 bits per heavy atom. The first-order chi connectivity index (χ1) is 26.0. The number of benzene rings is 6. The van der Waals surface area contributed by atoms with Crippen LogP contribution in [0.4, 0.5) is 0 Å². The quantitative estimate of drug-likeness (QED) is 0.131. The van der Waals surface area contributed by atoms with Gasteiger partial charge in [-0.2, -0.15) is 0 Å². The molecule has 4 heterocycles. The third kappa shape index (κ3) is 5.06. The smallest absolute Gasteiger partial charge is 0.235 e. The van der Waals surface area contributed by atoms with Crippen molar-refractivity contribution in [2.24, 2.45) is 0 Å². The molecule has 0 N–H and O–H groups in total. The third-order valence-electron chi connectivity index (χ3n) is 11.1. The van der Waals surface area contributed by atoms with Crippen molar-refractivity contribution in [1.29, 1.82) is 0 Å². The molecule has 0 fully saturated rings. The molecule has 0 aliphatic heterocycles. The van der Waals surface area contributed by atoms with Crippen LogP contribution < -0.4 is 10.4 Å². The summed E-state index contributed by atoms with van der Waals surface area (Å²) < 4.78 is 4.59. The lowest BCUT2D eigenvalue weighted by Crippen LogP contribution is -2.37. The average molecular weight is 732 g/mol. The molecule has 0 amide bonds. The molecule has 0 atom stereocenters. The summed E-state index contributed by atoms with van der Waals surface area (Å²) in [7, 11) is -2.93. The number of aromatic nitrogens is 5. The van der Waals surface area contributed by atoms with Crippen molar-refractivity contribution >= 4 is 86.7 Å². The number of nitrogens with zero attached hydrogens (tertiary/aromatic N) is 5. The van der Waals surface area contributed by atoms with E-state index in [9.17, 15) is 0 Å². The van der Waals surface area contributed by atoms with Gasteiger partial charge in [-0.1, -0.05) is 147 Å². The van der Waals surface area contributed by atoms with Crippen molar-refractivity contribution in [2.45, 2.75) is 39.3 Å². The molecule has 4 aromatic heterocycles. The fourth-order valence-electron chi connectivity index (χ4n) is 8.18. The molecular formula is C47H41N5Si2. The summed E-state index contributed by atoms with van der Waals surface area (Å²) in [6.45, 7) is 14.3. The average Bonchev–Trinajstić information content (AvgIpc) is 3.74. The first kappa shape index (κ1) is 32.7. The van der Waals surface area contributed by atoms with Crippen molar-refractivity contribution in [3.8, 4) is 28.5 Å². The van der Waals surface area contributed by atoms with E-state index in [4.69, 9.17) is 15.0 Å². The lowest BCUT2D eigenvalue weighted by Gasteiger charge is -2.18. The summed E-state index contributed by atoms with van der Waals surface area (Å²) in [5.41, 5.74) is 10.4. The highest BCUT2D eigenvalue weighted by atomic mass is 28.3. The number of hydrogen-bond donors (Lipinski definition) is 0. The molecule has 6 aromatic carbocycles. The Balaban J connectivity index is 1.29. The highest BCUT2D eigenvalue weighted by molar-refractivity contribution is 6.89. The lowest BCUT2D eigenvalue weighted by molar-refractivity contribution is 0.996. The van der Waals surface area contributed by atoms with Gasteiger partial charge in [-0.25, -0.2) is 15.0 Å². The minimum Gasteiger partial charge on any atom is -0.292 e. The molecule has 0 saturated carbocycles. The number of imidazole rings is 1. The van der Waals surface area contributed by atoms with E-state index in [0.29, 0.717) is 5.95 Å². The molecule has 0 spiro atoms. The maximum Gasteiger partial charge on any atom is 0.235 e. The number of para-hydroxylation sites is 4. The fraction of sp³-hybridized carbons (Fsp3) is 0.128. The number of hydrogen-bond acceptors (Lipinski definition) is 3. The third-order valence-corrected chi connectivity index (χ3v) is 15.2. The molecule has 0 unspecified atom stereocenters. The van der Waals surface area contributed by atoms with Crippen LogP contribution in [0.5, 0.6) is 0 Å². The van der Waals surface area contributed by atoms with E-state index in [2.05, 4.69) is 188 Å². The Bertz CT molecular complexity index is 3030. The van der Waals surface area contributed by atoms with E-state index in [-0.39, 0.29) is 0 Å². The van der Waals surface area contributed by atoms with Gasteiger partial charge in [-0.15, -0.1) is 0 Å². The van der Waals surface area contributed by atoms with Gasteiger partial charge in [0.25, 0.3) is 0 Å². The highest BCUT2D eigenvalue weighted by Crippen LogP contribution is 2.42. The van der Waals surface area contributed by atoms with Crippen molar-refractivity contribution < 1.29 is 0 Å². The molecule has 10 rings (SSSR count). The van der Waals surface area contributed by atoms with Crippen LogP contribution in [0.3, 0.4) is 0 Å². The summed E-state index contributed by atoms with van der Waals surface area (Å²) in [6, 6.07) is 50.6. The van der Waals surface area contributed by atoms with Gasteiger partial charge < -0.3 is 0 Å². The van der Waals surface area contributed by atoms with E-state index in [0.717, 1.165) is 61.1 Å². The first-order valence-corrected chi connectivity index (χ1v) is 25.8. The summed E-state index contributed by atoms with van der Waals surface area (Å²) in [4.78, 5) is 16.0. The van der Waals surface area contributed by atoms with E-state index in [1.54, 1.807) is 0 Å². The molecule has 262 valence electrons. The van der Waals surface area contributed by atoms with Gasteiger partial charge in [-0.05, 0) is 42.5 Å². The number of rotatable bonds is 5. The predicted molar refractivity (Wildman–Crippen MR) is 234 cm³/mol. The van der Waals surface area contributed by atoms with Gasteiger partial charge in [0.05, 0.1) is 55.1 Å². The first-order valence-electron chi connectivity index (χ1n) is 18.8. The van der Waals surface area contributed by atoms with Crippen molar-refractivity contribution in [3.63, 3.8) is 0 Å². The summed E-state index contributed by atoms with van der Waals surface area (Å²) in [5.74, 6) is 0.661.